The van der Waals surface area contributed by atoms with Crippen molar-refractivity contribution >= 4 is 15.8 Å². The molecule has 0 unspecified atom stereocenters. The second-order valence-electron chi connectivity index (χ2n) is 3.55. The molecule has 0 fully saturated rings. The number of esters is 1. The molecule has 17 heavy (non-hydrogen) atoms. The molecule has 0 bridgehead atoms. The zero-order valence-corrected chi connectivity index (χ0v) is 10.2. The lowest BCUT2D eigenvalue weighted by atomic mass is 10.1. The zero-order chi connectivity index (χ0) is 12.9. The minimum Gasteiger partial charge on any atom is -0.449 e. The molecule has 0 aliphatic heterocycles. The average molecular weight is 252 g/mol. The van der Waals surface area contributed by atoms with E-state index in [9.17, 15) is 13.2 Å². The normalized spacial score (nSPS) is 10.6. The minimum atomic E-state index is -3.07. The highest BCUT2D eigenvalue weighted by atomic mass is 32.2. The number of sulfone groups is 1. The SMILES string of the molecule is C#CCOC(=O)c1ccc(CS(C)(=O)=O)cc1. The maximum atomic E-state index is 11.4. The van der Waals surface area contributed by atoms with Crippen LogP contribution in [0.4, 0.5) is 0 Å². The first-order chi connectivity index (χ1) is 7.92. The maximum Gasteiger partial charge on any atom is 0.339 e. The largest absolute Gasteiger partial charge is 0.449 e. The van der Waals surface area contributed by atoms with Crippen molar-refractivity contribution in [1.29, 1.82) is 0 Å². The van der Waals surface area contributed by atoms with E-state index in [1.807, 2.05) is 0 Å². The molecule has 0 saturated heterocycles. The third kappa shape index (κ3) is 4.70. The van der Waals surface area contributed by atoms with Crippen LogP contribution in [-0.4, -0.2) is 27.2 Å². The Morgan fingerprint density at radius 3 is 2.41 bits per heavy atom. The molecule has 5 heteroatoms. The van der Waals surface area contributed by atoms with Gasteiger partial charge in [0.1, 0.15) is 0 Å². The van der Waals surface area contributed by atoms with Crippen LogP contribution in [0.1, 0.15) is 15.9 Å². The van der Waals surface area contributed by atoms with E-state index in [4.69, 9.17) is 11.2 Å². The Morgan fingerprint density at radius 1 is 1.35 bits per heavy atom. The maximum absolute atomic E-state index is 11.4. The molecule has 1 rings (SSSR count). The van der Waals surface area contributed by atoms with Gasteiger partial charge in [-0.1, -0.05) is 18.1 Å². The highest BCUT2D eigenvalue weighted by molar-refractivity contribution is 7.89. The van der Waals surface area contributed by atoms with Crippen LogP contribution >= 0.6 is 0 Å². The molecule has 0 N–H and O–H groups in total. The number of rotatable bonds is 4. The van der Waals surface area contributed by atoms with Gasteiger partial charge in [-0.2, -0.15) is 0 Å². The van der Waals surface area contributed by atoms with E-state index in [1.165, 1.54) is 12.1 Å². The molecule has 0 amide bonds. The molecular weight excluding hydrogens is 240 g/mol. The van der Waals surface area contributed by atoms with Gasteiger partial charge in [0, 0.05) is 6.26 Å². The highest BCUT2D eigenvalue weighted by Gasteiger charge is 2.08. The minimum absolute atomic E-state index is 0.0489. The van der Waals surface area contributed by atoms with E-state index in [-0.39, 0.29) is 12.4 Å². The van der Waals surface area contributed by atoms with Gasteiger partial charge < -0.3 is 4.74 Å². The molecule has 1 aromatic rings. The van der Waals surface area contributed by atoms with Crippen molar-refractivity contribution in [2.24, 2.45) is 0 Å². The van der Waals surface area contributed by atoms with Crippen LogP contribution in [0, 0.1) is 12.3 Å². The van der Waals surface area contributed by atoms with Crippen molar-refractivity contribution in [2.75, 3.05) is 12.9 Å². The van der Waals surface area contributed by atoms with Gasteiger partial charge in [-0.3, -0.25) is 0 Å². The van der Waals surface area contributed by atoms with Crippen LogP contribution in [0.2, 0.25) is 0 Å². The molecule has 0 aromatic heterocycles. The number of hydrogen-bond acceptors (Lipinski definition) is 4. The monoisotopic (exact) mass is 252 g/mol. The number of carbonyl (C=O) groups is 1. The summed E-state index contributed by atoms with van der Waals surface area (Å²) in [5.41, 5.74) is 0.971. The standard InChI is InChI=1S/C12H12O4S/c1-3-8-16-12(13)11-6-4-10(5-7-11)9-17(2,14)15/h1,4-7H,8-9H2,2H3. The third-order valence-electron chi connectivity index (χ3n) is 1.91. The number of terminal acetylenes is 1. The number of ether oxygens (including phenoxy) is 1. The number of carbonyl (C=O) groups excluding carboxylic acids is 1. The number of hydrogen-bond donors (Lipinski definition) is 0. The van der Waals surface area contributed by atoms with Crippen molar-refractivity contribution in [3.8, 4) is 12.3 Å². The van der Waals surface area contributed by atoms with E-state index in [0.29, 0.717) is 11.1 Å². The lowest BCUT2D eigenvalue weighted by Gasteiger charge is -2.03. The topological polar surface area (TPSA) is 60.4 Å². The van der Waals surface area contributed by atoms with Gasteiger partial charge in [0.2, 0.25) is 0 Å². The molecule has 1 aromatic carbocycles. The summed E-state index contributed by atoms with van der Waals surface area (Å²) in [4.78, 5) is 11.4. The van der Waals surface area contributed by atoms with Gasteiger partial charge in [-0.25, -0.2) is 13.2 Å². The molecule has 0 aliphatic carbocycles. The fourth-order valence-corrected chi connectivity index (χ4v) is 2.03. The molecule has 0 atom stereocenters. The van der Waals surface area contributed by atoms with Crippen LogP contribution in [0.25, 0.3) is 0 Å². The summed E-state index contributed by atoms with van der Waals surface area (Å²) in [5.74, 6) is 1.62. The smallest absolute Gasteiger partial charge is 0.339 e. The molecule has 0 aliphatic rings. The van der Waals surface area contributed by atoms with Crippen LogP contribution < -0.4 is 0 Å². The van der Waals surface area contributed by atoms with Gasteiger partial charge in [-0.15, -0.1) is 6.42 Å². The fraction of sp³-hybridized carbons (Fsp3) is 0.250. The average Bonchev–Trinajstić information content (AvgIpc) is 2.24. The Kier molecular flexibility index (Phi) is 4.30. The summed E-state index contributed by atoms with van der Waals surface area (Å²) in [5, 5.41) is 0. The molecule has 90 valence electrons. The van der Waals surface area contributed by atoms with E-state index in [0.717, 1.165) is 6.26 Å². The van der Waals surface area contributed by atoms with Crippen molar-refractivity contribution in [2.45, 2.75) is 5.75 Å². The lowest BCUT2D eigenvalue weighted by Crippen LogP contribution is -2.06. The summed E-state index contributed by atoms with van der Waals surface area (Å²) in [6.07, 6.45) is 6.11. The van der Waals surface area contributed by atoms with Gasteiger partial charge in [-0.05, 0) is 17.7 Å². The molecular formula is C12H12O4S. The van der Waals surface area contributed by atoms with E-state index < -0.39 is 15.8 Å². The van der Waals surface area contributed by atoms with E-state index in [1.54, 1.807) is 12.1 Å². The first-order valence-corrected chi connectivity index (χ1v) is 6.85. The van der Waals surface area contributed by atoms with E-state index in [2.05, 4.69) is 5.92 Å². The van der Waals surface area contributed by atoms with Crippen molar-refractivity contribution in [3.05, 3.63) is 35.4 Å². The molecule has 0 heterocycles. The van der Waals surface area contributed by atoms with Gasteiger partial charge >= 0.3 is 5.97 Å². The Balaban J connectivity index is 2.75. The summed E-state index contributed by atoms with van der Waals surface area (Å²) in [6.45, 7) is -0.0794. The summed E-state index contributed by atoms with van der Waals surface area (Å²) in [7, 11) is -3.07. The molecule has 0 saturated carbocycles. The predicted molar refractivity (Wildman–Crippen MR) is 64.1 cm³/mol. The summed E-state index contributed by atoms with van der Waals surface area (Å²) >= 11 is 0. The highest BCUT2D eigenvalue weighted by Crippen LogP contribution is 2.08. The predicted octanol–water partition coefficient (Wildman–Crippen LogP) is 1.02. The Bertz CT molecular complexity index is 535. The first kappa shape index (κ1) is 13.3. The van der Waals surface area contributed by atoms with Gasteiger partial charge in [0.05, 0.1) is 11.3 Å². The quantitative estimate of drug-likeness (QED) is 0.593. The fourth-order valence-electron chi connectivity index (χ4n) is 1.23. The van der Waals surface area contributed by atoms with Crippen molar-refractivity contribution in [1.82, 2.24) is 0 Å². The van der Waals surface area contributed by atoms with E-state index >= 15 is 0 Å². The number of benzene rings is 1. The van der Waals surface area contributed by atoms with Crippen molar-refractivity contribution < 1.29 is 17.9 Å². The summed E-state index contributed by atoms with van der Waals surface area (Å²) in [6, 6.07) is 6.18. The second kappa shape index (κ2) is 5.51. The molecule has 0 spiro atoms. The van der Waals surface area contributed by atoms with Crippen LogP contribution in [0.5, 0.6) is 0 Å². The third-order valence-corrected chi connectivity index (χ3v) is 2.76. The zero-order valence-electron chi connectivity index (χ0n) is 9.34. The van der Waals surface area contributed by atoms with Crippen LogP contribution in [0.15, 0.2) is 24.3 Å². The van der Waals surface area contributed by atoms with Gasteiger partial charge in [0.25, 0.3) is 0 Å². The Labute approximate surface area is 101 Å². The van der Waals surface area contributed by atoms with Gasteiger partial charge in [0.15, 0.2) is 16.4 Å². The Hall–Kier alpha value is -1.80. The van der Waals surface area contributed by atoms with Crippen LogP contribution in [0.3, 0.4) is 0 Å². The lowest BCUT2D eigenvalue weighted by molar-refractivity contribution is 0.0557. The second-order valence-corrected chi connectivity index (χ2v) is 5.69. The van der Waals surface area contributed by atoms with Crippen molar-refractivity contribution in [3.63, 3.8) is 0 Å². The first-order valence-electron chi connectivity index (χ1n) is 4.79. The molecule has 4 nitrogen and oxygen atoms in total. The van der Waals surface area contributed by atoms with Crippen LogP contribution in [-0.2, 0) is 20.3 Å². The summed E-state index contributed by atoms with van der Waals surface area (Å²) < 4.78 is 26.8. The Morgan fingerprint density at radius 2 is 1.94 bits per heavy atom. The molecule has 0 radical (unpaired) electrons.